The topological polar surface area (TPSA) is 29.3 Å². The van der Waals surface area contributed by atoms with E-state index in [1.165, 1.54) is 17.7 Å². The summed E-state index contributed by atoms with van der Waals surface area (Å²) in [5.41, 5.74) is 8.13. The van der Waals surface area contributed by atoms with Crippen molar-refractivity contribution in [2.75, 3.05) is 31.3 Å². The SMILES string of the molecule is CCC(CSC)N(C)CCc1ccccc1N. The highest BCUT2D eigenvalue weighted by Crippen LogP contribution is 2.13. The number of benzene rings is 1. The van der Waals surface area contributed by atoms with E-state index in [1.54, 1.807) is 0 Å². The van der Waals surface area contributed by atoms with Gasteiger partial charge in [0.05, 0.1) is 0 Å². The summed E-state index contributed by atoms with van der Waals surface area (Å²) in [5, 5.41) is 0. The van der Waals surface area contributed by atoms with Crippen LogP contribution in [0.5, 0.6) is 0 Å². The Kier molecular flexibility index (Phi) is 6.45. The molecule has 0 bridgehead atoms. The maximum absolute atomic E-state index is 5.95. The molecule has 1 aromatic rings. The Morgan fingerprint density at radius 1 is 1.35 bits per heavy atom. The molecule has 0 fully saturated rings. The second kappa shape index (κ2) is 7.62. The van der Waals surface area contributed by atoms with Crippen LogP contribution in [0.4, 0.5) is 5.69 Å². The fourth-order valence-corrected chi connectivity index (χ4v) is 2.87. The largest absolute Gasteiger partial charge is 0.399 e. The zero-order valence-corrected chi connectivity index (χ0v) is 12.0. The quantitative estimate of drug-likeness (QED) is 0.757. The molecule has 0 radical (unpaired) electrons. The van der Waals surface area contributed by atoms with E-state index >= 15 is 0 Å². The zero-order chi connectivity index (χ0) is 12.7. The van der Waals surface area contributed by atoms with E-state index < -0.39 is 0 Å². The van der Waals surface area contributed by atoms with Gasteiger partial charge in [-0.05, 0) is 37.8 Å². The zero-order valence-electron chi connectivity index (χ0n) is 11.1. The molecule has 2 nitrogen and oxygen atoms in total. The van der Waals surface area contributed by atoms with E-state index in [1.807, 2.05) is 23.9 Å². The van der Waals surface area contributed by atoms with E-state index in [2.05, 4.69) is 37.3 Å². The Morgan fingerprint density at radius 2 is 2.06 bits per heavy atom. The van der Waals surface area contributed by atoms with Gasteiger partial charge in [-0.25, -0.2) is 0 Å². The minimum Gasteiger partial charge on any atom is -0.399 e. The molecule has 1 unspecified atom stereocenters. The van der Waals surface area contributed by atoms with Crippen molar-refractivity contribution in [2.24, 2.45) is 0 Å². The normalized spacial score (nSPS) is 12.9. The summed E-state index contributed by atoms with van der Waals surface area (Å²) in [7, 11) is 2.21. The number of nitrogens with zero attached hydrogens (tertiary/aromatic N) is 1. The summed E-state index contributed by atoms with van der Waals surface area (Å²) in [6.07, 6.45) is 4.42. The number of hydrogen-bond acceptors (Lipinski definition) is 3. The van der Waals surface area contributed by atoms with Gasteiger partial charge in [0.15, 0.2) is 0 Å². The average molecular weight is 252 g/mol. The van der Waals surface area contributed by atoms with E-state index in [0.29, 0.717) is 6.04 Å². The fraction of sp³-hybridized carbons (Fsp3) is 0.571. The number of hydrogen-bond donors (Lipinski definition) is 1. The van der Waals surface area contributed by atoms with Crippen LogP contribution in [0.2, 0.25) is 0 Å². The molecule has 0 amide bonds. The molecule has 2 N–H and O–H groups in total. The minimum absolute atomic E-state index is 0.676. The monoisotopic (exact) mass is 252 g/mol. The van der Waals surface area contributed by atoms with Crippen molar-refractivity contribution < 1.29 is 0 Å². The molecule has 0 saturated carbocycles. The van der Waals surface area contributed by atoms with Crippen LogP contribution in [0.1, 0.15) is 18.9 Å². The van der Waals surface area contributed by atoms with Crippen LogP contribution < -0.4 is 5.73 Å². The molecule has 0 aliphatic rings. The maximum Gasteiger partial charge on any atom is 0.0347 e. The third-order valence-corrected chi connectivity index (χ3v) is 3.96. The summed E-state index contributed by atoms with van der Waals surface area (Å²) in [6, 6.07) is 8.83. The van der Waals surface area contributed by atoms with Gasteiger partial charge in [0, 0.05) is 24.0 Å². The second-order valence-electron chi connectivity index (χ2n) is 4.45. The van der Waals surface area contributed by atoms with E-state index in [-0.39, 0.29) is 0 Å². The van der Waals surface area contributed by atoms with Crippen LogP contribution in [-0.2, 0) is 6.42 Å². The molecule has 1 atom stereocenters. The molecule has 17 heavy (non-hydrogen) atoms. The number of rotatable bonds is 7. The van der Waals surface area contributed by atoms with Gasteiger partial charge in [-0.2, -0.15) is 11.8 Å². The van der Waals surface area contributed by atoms with Crippen molar-refractivity contribution in [1.82, 2.24) is 4.90 Å². The smallest absolute Gasteiger partial charge is 0.0347 e. The maximum atomic E-state index is 5.95. The highest BCUT2D eigenvalue weighted by molar-refractivity contribution is 7.98. The van der Waals surface area contributed by atoms with Crippen LogP contribution in [0, 0.1) is 0 Å². The first-order valence-corrected chi connectivity index (χ1v) is 7.61. The fourth-order valence-electron chi connectivity index (χ4n) is 1.99. The molecule has 96 valence electrons. The minimum atomic E-state index is 0.676. The van der Waals surface area contributed by atoms with Crippen molar-refractivity contribution >= 4 is 17.4 Å². The number of nitrogen functional groups attached to an aromatic ring is 1. The van der Waals surface area contributed by atoms with Gasteiger partial charge in [0.25, 0.3) is 0 Å². The van der Waals surface area contributed by atoms with Gasteiger partial charge >= 0.3 is 0 Å². The van der Waals surface area contributed by atoms with Crippen molar-refractivity contribution in [1.29, 1.82) is 0 Å². The van der Waals surface area contributed by atoms with Crippen molar-refractivity contribution in [2.45, 2.75) is 25.8 Å². The van der Waals surface area contributed by atoms with Gasteiger partial charge in [0.2, 0.25) is 0 Å². The first-order valence-electron chi connectivity index (χ1n) is 6.21. The first-order chi connectivity index (χ1) is 8.19. The molecule has 1 rings (SSSR count). The Hall–Kier alpha value is -0.670. The van der Waals surface area contributed by atoms with Crippen LogP contribution in [-0.4, -0.2) is 36.5 Å². The Morgan fingerprint density at radius 3 is 2.65 bits per heavy atom. The van der Waals surface area contributed by atoms with E-state index in [0.717, 1.165) is 18.7 Å². The van der Waals surface area contributed by atoms with Crippen LogP contribution >= 0.6 is 11.8 Å². The molecular formula is C14H24N2S. The van der Waals surface area contributed by atoms with Crippen molar-refractivity contribution in [3.8, 4) is 0 Å². The Bertz CT molecular complexity index is 328. The highest BCUT2D eigenvalue weighted by Gasteiger charge is 2.11. The van der Waals surface area contributed by atoms with Crippen molar-refractivity contribution in [3.63, 3.8) is 0 Å². The number of anilines is 1. The predicted molar refractivity (Wildman–Crippen MR) is 79.6 cm³/mol. The molecule has 0 spiro atoms. The van der Waals surface area contributed by atoms with E-state index in [4.69, 9.17) is 5.73 Å². The van der Waals surface area contributed by atoms with Gasteiger partial charge < -0.3 is 10.6 Å². The summed E-state index contributed by atoms with van der Waals surface area (Å²) < 4.78 is 0. The summed E-state index contributed by atoms with van der Waals surface area (Å²) in [4.78, 5) is 2.45. The van der Waals surface area contributed by atoms with E-state index in [9.17, 15) is 0 Å². The molecule has 0 aliphatic carbocycles. The molecular weight excluding hydrogens is 228 g/mol. The molecule has 1 aromatic carbocycles. The first kappa shape index (κ1) is 14.4. The lowest BCUT2D eigenvalue weighted by molar-refractivity contribution is 0.259. The second-order valence-corrected chi connectivity index (χ2v) is 5.36. The molecule has 3 heteroatoms. The number of para-hydroxylation sites is 1. The summed E-state index contributed by atoms with van der Waals surface area (Å²) in [5.74, 6) is 1.21. The third-order valence-electron chi connectivity index (χ3n) is 3.24. The van der Waals surface area contributed by atoms with Crippen molar-refractivity contribution in [3.05, 3.63) is 29.8 Å². The molecule has 0 aromatic heterocycles. The molecule has 0 heterocycles. The molecule has 0 saturated heterocycles. The highest BCUT2D eigenvalue weighted by atomic mass is 32.2. The summed E-state index contributed by atoms with van der Waals surface area (Å²) in [6.45, 7) is 3.33. The van der Waals surface area contributed by atoms with Gasteiger partial charge in [-0.3, -0.25) is 0 Å². The number of likely N-dealkylation sites (N-methyl/N-ethyl adjacent to an activating group) is 1. The summed E-state index contributed by atoms with van der Waals surface area (Å²) >= 11 is 1.92. The Balaban J connectivity index is 2.47. The lowest BCUT2D eigenvalue weighted by atomic mass is 10.1. The van der Waals surface area contributed by atoms with Crippen LogP contribution in [0.25, 0.3) is 0 Å². The average Bonchev–Trinajstić information content (AvgIpc) is 2.34. The number of nitrogens with two attached hydrogens (primary N) is 1. The van der Waals surface area contributed by atoms with Gasteiger partial charge in [-0.1, -0.05) is 25.1 Å². The lowest BCUT2D eigenvalue weighted by Gasteiger charge is -2.26. The van der Waals surface area contributed by atoms with Crippen LogP contribution in [0.3, 0.4) is 0 Å². The lowest BCUT2D eigenvalue weighted by Crippen LogP contribution is -2.34. The molecule has 0 aliphatic heterocycles. The van der Waals surface area contributed by atoms with Crippen LogP contribution in [0.15, 0.2) is 24.3 Å². The Labute approximate surface area is 110 Å². The number of thioether (sulfide) groups is 1. The third kappa shape index (κ3) is 4.60. The predicted octanol–water partition coefficient (Wildman–Crippen LogP) is 2.88. The van der Waals surface area contributed by atoms with Gasteiger partial charge in [0.1, 0.15) is 0 Å². The standard InChI is InChI=1S/C14H24N2S/c1-4-13(11-17-3)16(2)10-9-12-7-5-6-8-14(12)15/h5-8,13H,4,9-11,15H2,1-3H3. The van der Waals surface area contributed by atoms with Gasteiger partial charge in [-0.15, -0.1) is 0 Å².